The van der Waals surface area contributed by atoms with Gasteiger partial charge in [0.2, 0.25) is 0 Å². The number of anilines is 1. The third kappa shape index (κ3) is 3.78. The molecule has 1 saturated heterocycles. The van der Waals surface area contributed by atoms with Crippen molar-refractivity contribution >= 4 is 11.8 Å². The second kappa shape index (κ2) is 7.14. The van der Waals surface area contributed by atoms with Gasteiger partial charge >= 0.3 is 5.97 Å². The number of carboxylic acid groups (broad SMARTS) is 1. The van der Waals surface area contributed by atoms with Gasteiger partial charge in [0.25, 0.3) is 5.89 Å². The van der Waals surface area contributed by atoms with Crippen molar-refractivity contribution in [1.29, 1.82) is 0 Å². The number of rotatable bonds is 5. The molecule has 140 valence electrons. The van der Waals surface area contributed by atoms with Crippen molar-refractivity contribution in [2.75, 3.05) is 18.0 Å². The van der Waals surface area contributed by atoms with Crippen LogP contribution in [0.1, 0.15) is 29.2 Å². The van der Waals surface area contributed by atoms with Crippen LogP contribution in [-0.2, 0) is 6.54 Å². The Bertz CT molecular complexity index is 951. The van der Waals surface area contributed by atoms with Crippen LogP contribution in [0.4, 0.5) is 5.82 Å². The van der Waals surface area contributed by atoms with Crippen molar-refractivity contribution in [1.82, 2.24) is 30.1 Å². The highest BCUT2D eigenvalue weighted by Crippen LogP contribution is 2.26. The second-order valence-electron chi connectivity index (χ2n) is 6.63. The van der Waals surface area contributed by atoms with Crippen LogP contribution in [0.15, 0.2) is 29.0 Å². The third-order valence-corrected chi connectivity index (χ3v) is 4.57. The number of hydrogen-bond donors (Lipinski definition) is 1. The van der Waals surface area contributed by atoms with Crippen molar-refractivity contribution in [3.05, 3.63) is 36.0 Å². The minimum absolute atomic E-state index is 0.0353. The number of carbonyl (C=O) groups is 1. The van der Waals surface area contributed by atoms with E-state index < -0.39 is 5.97 Å². The van der Waals surface area contributed by atoms with E-state index in [0.29, 0.717) is 24.2 Å². The summed E-state index contributed by atoms with van der Waals surface area (Å²) in [6.45, 7) is 4.12. The van der Waals surface area contributed by atoms with Gasteiger partial charge in [0.15, 0.2) is 11.5 Å². The summed E-state index contributed by atoms with van der Waals surface area (Å²) in [6.07, 6.45) is 5.28. The summed E-state index contributed by atoms with van der Waals surface area (Å²) in [4.78, 5) is 21.9. The lowest BCUT2D eigenvalue weighted by Crippen LogP contribution is -2.37. The lowest BCUT2D eigenvalue weighted by atomic mass is 9.98. The number of nitrogens with zero attached hydrogens (tertiary/aromatic N) is 7. The van der Waals surface area contributed by atoms with Crippen molar-refractivity contribution in [2.45, 2.75) is 26.3 Å². The molecule has 10 nitrogen and oxygen atoms in total. The average molecular weight is 369 g/mol. The smallest absolute Gasteiger partial charge is 0.358 e. The number of aromatic carboxylic acids is 1. The summed E-state index contributed by atoms with van der Waals surface area (Å²) in [6, 6.07) is 3.80. The zero-order valence-corrected chi connectivity index (χ0v) is 14.8. The van der Waals surface area contributed by atoms with Crippen LogP contribution in [0.5, 0.6) is 0 Å². The van der Waals surface area contributed by atoms with Crippen molar-refractivity contribution in [3.63, 3.8) is 0 Å². The van der Waals surface area contributed by atoms with Crippen molar-refractivity contribution < 1.29 is 14.4 Å². The molecule has 4 rings (SSSR count). The summed E-state index contributed by atoms with van der Waals surface area (Å²) >= 11 is 0. The number of piperidine rings is 1. The molecule has 0 spiro atoms. The van der Waals surface area contributed by atoms with Crippen molar-refractivity contribution in [2.24, 2.45) is 5.92 Å². The van der Waals surface area contributed by atoms with Crippen LogP contribution < -0.4 is 4.90 Å². The van der Waals surface area contributed by atoms with E-state index >= 15 is 0 Å². The van der Waals surface area contributed by atoms with Crippen LogP contribution in [0.3, 0.4) is 0 Å². The lowest BCUT2D eigenvalue weighted by Gasteiger charge is -2.33. The average Bonchev–Trinajstić information content (AvgIpc) is 3.31. The largest absolute Gasteiger partial charge is 0.476 e. The van der Waals surface area contributed by atoms with Gasteiger partial charge in [-0.3, -0.25) is 4.68 Å². The fourth-order valence-corrected chi connectivity index (χ4v) is 3.31. The molecule has 0 amide bonds. The van der Waals surface area contributed by atoms with Gasteiger partial charge in [0.1, 0.15) is 5.82 Å². The molecule has 0 aliphatic carbocycles. The maximum atomic E-state index is 10.9. The minimum Gasteiger partial charge on any atom is -0.476 e. The highest BCUT2D eigenvalue weighted by Gasteiger charge is 2.23. The molecule has 4 heterocycles. The van der Waals surface area contributed by atoms with Gasteiger partial charge in [0.05, 0.1) is 6.20 Å². The molecule has 1 atom stereocenters. The Labute approximate surface area is 154 Å². The van der Waals surface area contributed by atoms with Crippen LogP contribution in [-0.4, -0.2) is 54.3 Å². The second-order valence-corrected chi connectivity index (χ2v) is 6.63. The Hall–Kier alpha value is -3.30. The SMILES string of the molecule is Cc1noc(-c2ccnc(N3CCC[C@@H](Cn4cc(C(=O)O)nn4)C3)c2)n1. The zero-order valence-electron chi connectivity index (χ0n) is 14.8. The normalized spacial score (nSPS) is 17.2. The van der Waals surface area contributed by atoms with E-state index in [1.807, 2.05) is 12.1 Å². The lowest BCUT2D eigenvalue weighted by molar-refractivity contribution is 0.0690. The fraction of sp³-hybridized carbons (Fsp3) is 0.412. The van der Waals surface area contributed by atoms with E-state index in [1.165, 1.54) is 6.20 Å². The Morgan fingerprint density at radius 2 is 2.33 bits per heavy atom. The van der Waals surface area contributed by atoms with Gasteiger partial charge < -0.3 is 14.5 Å². The maximum absolute atomic E-state index is 10.9. The van der Waals surface area contributed by atoms with E-state index in [1.54, 1.807) is 17.8 Å². The molecule has 3 aromatic heterocycles. The van der Waals surface area contributed by atoms with Gasteiger partial charge in [0, 0.05) is 31.4 Å². The Balaban J connectivity index is 1.47. The molecule has 1 fully saturated rings. The Kier molecular flexibility index (Phi) is 4.53. The van der Waals surface area contributed by atoms with Gasteiger partial charge in [-0.15, -0.1) is 5.10 Å². The predicted octanol–water partition coefficient (Wildman–Crippen LogP) is 1.65. The first kappa shape index (κ1) is 17.1. The van der Waals surface area contributed by atoms with Gasteiger partial charge in [-0.25, -0.2) is 9.78 Å². The highest BCUT2D eigenvalue weighted by atomic mass is 16.5. The number of aromatic nitrogens is 6. The molecule has 1 aliphatic heterocycles. The molecule has 1 N–H and O–H groups in total. The van der Waals surface area contributed by atoms with Crippen LogP contribution in [0, 0.1) is 12.8 Å². The molecule has 0 radical (unpaired) electrons. The van der Waals surface area contributed by atoms with Crippen LogP contribution in [0.2, 0.25) is 0 Å². The fourth-order valence-electron chi connectivity index (χ4n) is 3.31. The molecule has 27 heavy (non-hydrogen) atoms. The Morgan fingerprint density at radius 3 is 3.07 bits per heavy atom. The quantitative estimate of drug-likeness (QED) is 0.715. The number of aryl methyl sites for hydroxylation is 1. The summed E-state index contributed by atoms with van der Waals surface area (Å²) in [5, 5.41) is 20.4. The molecule has 0 bridgehead atoms. The number of pyridine rings is 1. The first-order chi connectivity index (χ1) is 13.1. The molecule has 0 unspecified atom stereocenters. The predicted molar refractivity (Wildman–Crippen MR) is 94.2 cm³/mol. The highest BCUT2D eigenvalue weighted by molar-refractivity contribution is 5.84. The first-order valence-electron chi connectivity index (χ1n) is 8.73. The monoisotopic (exact) mass is 369 g/mol. The van der Waals surface area contributed by atoms with Crippen LogP contribution >= 0.6 is 0 Å². The summed E-state index contributed by atoms with van der Waals surface area (Å²) in [5.41, 5.74) is 0.803. The molecular formula is C17H19N7O3. The number of carboxylic acids is 1. The van der Waals surface area contributed by atoms with E-state index in [0.717, 1.165) is 37.3 Å². The Morgan fingerprint density at radius 1 is 1.44 bits per heavy atom. The summed E-state index contributed by atoms with van der Waals surface area (Å²) in [7, 11) is 0. The summed E-state index contributed by atoms with van der Waals surface area (Å²) in [5.74, 6) is 1.20. The standard InChI is InChI=1S/C17H19N7O3/c1-11-19-16(27-21-11)13-4-5-18-15(7-13)23-6-2-3-12(8-23)9-24-10-14(17(25)26)20-22-24/h4-5,7,10,12H,2-3,6,8-9H2,1H3,(H,25,26)/t12-/m1/s1. The molecular weight excluding hydrogens is 350 g/mol. The zero-order chi connectivity index (χ0) is 18.8. The van der Waals surface area contributed by atoms with Gasteiger partial charge in [-0.05, 0) is 37.8 Å². The summed E-state index contributed by atoms with van der Waals surface area (Å²) < 4.78 is 6.84. The molecule has 0 aromatic carbocycles. The molecule has 1 aliphatic rings. The van der Waals surface area contributed by atoms with E-state index in [9.17, 15) is 4.79 Å². The van der Waals surface area contributed by atoms with Gasteiger partial charge in [-0.2, -0.15) is 4.98 Å². The molecule has 3 aromatic rings. The van der Waals surface area contributed by atoms with E-state index in [-0.39, 0.29) is 5.69 Å². The molecule has 10 heteroatoms. The van der Waals surface area contributed by atoms with E-state index in [2.05, 4.69) is 30.3 Å². The maximum Gasteiger partial charge on any atom is 0.358 e. The third-order valence-electron chi connectivity index (χ3n) is 4.57. The molecule has 0 saturated carbocycles. The van der Waals surface area contributed by atoms with Crippen molar-refractivity contribution in [3.8, 4) is 11.5 Å². The van der Waals surface area contributed by atoms with Gasteiger partial charge in [-0.1, -0.05) is 10.4 Å². The first-order valence-corrected chi connectivity index (χ1v) is 8.73. The van der Waals surface area contributed by atoms with E-state index in [4.69, 9.17) is 9.63 Å². The van der Waals surface area contributed by atoms with Crippen LogP contribution in [0.25, 0.3) is 11.5 Å². The number of hydrogen-bond acceptors (Lipinski definition) is 8. The minimum atomic E-state index is -1.07. The topological polar surface area (TPSA) is 123 Å².